The topological polar surface area (TPSA) is 105 Å². The summed E-state index contributed by atoms with van der Waals surface area (Å²) in [5, 5.41) is 7.52. The van der Waals surface area contributed by atoms with E-state index in [0.717, 1.165) is 55.7 Å². The van der Waals surface area contributed by atoms with Gasteiger partial charge in [0.2, 0.25) is 5.91 Å². The van der Waals surface area contributed by atoms with Crippen molar-refractivity contribution in [2.24, 2.45) is 7.05 Å². The summed E-state index contributed by atoms with van der Waals surface area (Å²) in [5.41, 5.74) is 3.23. The minimum absolute atomic E-state index is 0.0645. The second-order valence-electron chi connectivity index (χ2n) is 10.9. The molecule has 0 aliphatic carbocycles. The minimum Gasteiger partial charge on any atom is -0.344 e. The number of carbonyl (C=O) groups is 2. The molecule has 9 nitrogen and oxygen atoms in total. The van der Waals surface area contributed by atoms with E-state index in [0.29, 0.717) is 12.2 Å². The zero-order valence-electron chi connectivity index (χ0n) is 24.4. The Balaban J connectivity index is 1.31. The van der Waals surface area contributed by atoms with Crippen LogP contribution < -0.4 is 5.32 Å². The molecule has 1 aliphatic rings. The van der Waals surface area contributed by atoms with Gasteiger partial charge in [0, 0.05) is 51.2 Å². The van der Waals surface area contributed by atoms with Gasteiger partial charge in [-0.2, -0.15) is 5.10 Å². The highest BCUT2D eigenvalue weighted by Gasteiger charge is 2.28. The lowest BCUT2D eigenvalue weighted by Crippen LogP contribution is -2.48. The van der Waals surface area contributed by atoms with Crippen LogP contribution in [0.4, 0.5) is 0 Å². The fourth-order valence-electron chi connectivity index (χ4n) is 5.45. The third kappa shape index (κ3) is 8.04. The van der Waals surface area contributed by atoms with Crippen molar-refractivity contribution in [3.05, 3.63) is 83.2 Å². The Morgan fingerprint density at radius 2 is 1.73 bits per heavy atom. The van der Waals surface area contributed by atoms with Crippen LogP contribution in [0.3, 0.4) is 0 Å². The van der Waals surface area contributed by atoms with E-state index in [1.807, 2.05) is 56.1 Å². The van der Waals surface area contributed by atoms with Crippen molar-refractivity contribution in [1.29, 1.82) is 0 Å². The van der Waals surface area contributed by atoms with Gasteiger partial charge in [0.1, 0.15) is 5.69 Å². The number of nitrogens with zero attached hydrogens (tertiary/aromatic N) is 4. The van der Waals surface area contributed by atoms with Crippen LogP contribution in [0.5, 0.6) is 0 Å². The molecule has 1 N–H and O–H groups in total. The van der Waals surface area contributed by atoms with Gasteiger partial charge < -0.3 is 15.1 Å². The number of aromatic nitrogens is 2. The summed E-state index contributed by atoms with van der Waals surface area (Å²) >= 11 is 0. The Bertz CT molecular complexity index is 1410. The number of hydrogen-bond donors (Lipinski definition) is 1. The van der Waals surface area contributed by atoms with Crippen LogP contribution in [0, 0.1) is 6.92 Å². The third-order valence-corrected chi connectivity index (χ3v) is 9.08. The molecule has 2 amide bonds. The van der Waals surface area contributed by atoms with Gasteiger partial charge in [0.15, 0.2) is 9.84 Å². The highest BCUT2D eigenvalue weighted by atomic mass is 32.2. The van der Waals surface area contributed by atoms with E-state index in [2.05, 4.69) is 15.3 Å². The number of hydrogen-bond acceptors (Lipinski definition) is 6. The SMILES string of the molecule is CCN(C(=O)Cc1ccc(S(C)(=O)=O)cc1)C1CCN(CC[C@H](NC(=O)c2cc(C)n(C)n2)c2ccccc2)CC1. The quantitative estimate of drug-likeness (QED) is 0.373. The predicted molar refractivity (Wildman–Crippen MR) is 159 cm³/mol. The zero-order chi connectivity index (χ0) is 29.6. The number of likely N-dealkylation sites (tertiary alicyclic amines) is 1. The molecular formula is C31H41N5O4S. The summed E-state index contributed by atoms with van der Waals surface area (Å²) in [6, 6.07) is 18.5. The molecule has 2 heterocycles. The van der Waals surface area contributed by atoms with Gasteiger partial charge >= 0.3 is 0 Å². The smallest absolute Gasteiger partial charge is 0.272 e. The molecule has 1 atom stereocenters. The predicted octanol–water partition coefficient (Wildman–Crippen LogP) is 3.55. The Morgan fingerprint density at radius 3 is 2.29 bits per heavy atom. The summed E-state index contributed by atoms with van der Waals surface area (Å²) in [6.07, 6.45) is 3.99. The standard InChI is InChI=1S/C31H41N5O4S/c1-5-36(30(37)22-24-11-13-27(14-12-24)41(4,39)40)26-15-18-35(19-16-26)20-17-28(25-9-7-6-8-10-25)32-31(38)29-21-23(2)34(3)33-29/h6-14,21,26,28H,5,15-20,22H2,1-4H3,(H,32,38)/t28-/m0/s1. The lowest BCUT2D eigenvalue weighted by molar-refractivity contribution is -0.133. The van der Waals surface area contributed by atoms with Gasteiger partial charge in [0.05, 0.1) is 17.4 Å². The van der Waals surface area contributed by atoms with Crippen molar-refractivity contribution >= 4 is 21.7 Å². The molecule has 1 aliphatic heterocycles. The number of rotatable bonds is 11. The fourth-order valence-corrected chi connectivity index (χ4v) is 6.08. The maximum Gasteiger partial charge on any atom is 0.272 e. The number of likely N-dealkylation sites (N-methyl/N-ethyl adjacent to an activating group) is 1. The average Bonchev–Trinajstić information content (AvgIpc) is 3.30. The molecule has 10 heteroatoms. The summed E-state index contributed by atoms with van der Waals surface area (Å²) in [7, 11) is -1.43. The molecular weight excluding hydrogens is 538 g/mol. The van der Waals surface area contributed by atoms with Crippen molar-refractivity contribution in [3.63, 3.8) is 0 Å². The maximum absolute atomic E-state index is 13.2. The summed E-state index contributed by atoms with van der Waals surface area (Å²) in [5.74, 6) is -0.112. The molecule has 0 unspecified atom stereocenters. The van der Waals surface area contributed by atoms with Gasteiger partial charge in [-0.05, 0) is 62.4 Å². The normalized spacial score (nSPS) is 15.4. The molecule has 0 bridgehead atoms. The fraction of sp³-hybridized carbons (Fsp3) is 0.452. The van der Waals surface area contributed by atoms with Gasteiger partial charge in [-0.1, -0.05) is 42.5 Å². The minimum atomic E-state index is -3.26. The molecule has 1 saturated heterocycles. The molecule has 3 aromatic rings. The first kappa shape index (κ1) is 30.5. The summed E-state index contributed by atoms with van der Waals surface area (Å²) < 4.78 is 25.2. The van der Waals surface area contributed by atoms with Crippen molar-refractivity contribution in [2.75, 3.05) is 32.4 Å². The van der Waals surface area contributed by atoms with Crippen LogP contribution >= 0.6 is 0 Å². The Kier molecular flexibility index (Phi) is 9.99. The Morgan fingerprint density at radius 1 is 1.07 bits per heavy atom. The lowest BCUT2D eigenvalue weighted by Gasteiger charge is -2.38. The number of piperidine rings is 1. The third-order valence-electron chi connectivity index (χ3n) is 7.95. The van der Waals surface area contributed by atoms with Crippen molar-refractivity contribution < 1.29 is 18.0 Å². The Labute approximate surface area is 243 Å². The van der Waals surface area contributed by atoms with E-state index in [1.165, 1.54) is 6.26 Å². The van der Waals surface area contributed by atoms with Crippen molar-refractivity contribution in [2.45, 2.75) is 56.5 Å². The lowest BCUT2D eigenvalue weighted by atomic mass is 9.99. The van der Waals surface area contributed by atoms with E-state index in [-0.39, 0.29) is 35.2 Å². The zero-order valence-corrected chi connectivity index (χ0v) is 25.2. The molecule has 1 aromatic heterocycles. The van der Waals surface area contributed by atoms with E-state index in [9.17, 15) is 18.0 Å². The van der Waals surface area contributed by atoms with Crippen LogP contribution in [-0.2, 0) is 28.1 Å². The van der Waals surface area contributed by atoms with Crippen LogP contribution in [0.25, 0.3) is 0 Å². The van der Waals surface area contributed by atoms with Gasteiger partial charge in [-0.15, -0.1) is 0 Å². The second kappa shape index (κ2) is 13.4. The van der Waals surface area contributed by atoms with E-state index < -0.39 is 9.84 Å². The molecule has 220 valence electrons. The number of nitrogens with one attached hydrogen (secondary N) is 1. The molecule has 0 radical (unpaired) electrons. The van der Waals surface area contributed by atoms with Crippen LogP contribution in [0.15, 0.2) is 65.6 Å². The van der Waals surface area contributed by atoms with E-state index in [4.69, 9.17) is 0 Å². The summed E-state index contributed by atoms with van der Waals surface area (Å²) in [4.78, 5) is 30.8. The van der Waals surface area contributed by atoms with Crippen molar-refractivity contribution in [1.82, 2.24) is 24.9 Å². The Hall–Kier alpha value is -3.50. The number of benzene rings is 2. The van der Waals surface area contributed by atoms with Gasteiger partial charge in [-0.25, -0.2) is 8.42 Å². The maximum atomic E-state index is 13.2. The number of amides is 2. The van der Waals surface area contributed by atoms with Gasteiger partial charge in [-0.3, -0.25) is 14.3 Å². The average molecular weight is 580 g/mol. The van der Waals surface area contributed by atoms with Crippen molar-refractivity contribution in [3.8, 4) is 0 Å². The molecule has 0 saturated carbocycles. The largest absolute Gasteiger partial charge is 0.344 e. The van der Waals surface area contributed by atoms with Crippen LogP contribution in [0.2, 0.25) is 0 Å². The molecule has 4 rings (SSSR count). The highest BCUT2D eigenvalue weighted by Crippen LogP contribution is 2.22. The van der Waals surface area contributed by atoms with E-state index in [1.54, 1.807) is 35.0 Å². The molecule has 41 heavy (non-hydrogen) atoms. The monoisotopic (exact) mass is 579 g/mol. The van der Waals surface area contributed by atoms with Gasteiger partial charge in [0.25, 0.3) is 5.91 Å². The first-order valence-corrected chi connectivity index (χ1v) is 16.1. The number of sulfone groups is 1. The first-order valence-electron chi connectivity index (χ1n) is 14.2. The number of aryl methyl sites for hydroxylation is 2. The molecule has 1 fully saturated rings. The van der Waals surface area contributed by atoms with E-state index >= 15 is 0 Å². The molecule has 0 spiro atoms. The highest BCUT2D eigenvalue weighted by molar-refractivity contribution is 7.90. The number of carbonyl (C=O) groups excluding carboxylic acids is 2. The van der Waals surface area contributed by atoms with Crippen LogP contribution in [-0.4, -0.2) is 78.3 Å². The first-order chi connectivity index (χ1) is 19.5. The second-order valence-corrected chi connectivity index (χ2v) is 12.9. The molecule has 2 aromatic carbocycles. The van der Waals surface area contributed by atoms with Crippen LogP contribution in [0.1, 0.15) is 59.5 Å². The summed E-state index contributed by atoms with van der Waals surface area (Å²) in [6.45, 7) is 7.17.